The van der Waals surface area contributed by atoms with Gasteiger partial charge in [0.1, 0.15) is 0 Å². The van der Waals surface area contributed by atoms with Crippen molar-refractivity contribution < 1.29 is 14.5 Å². The van der Waals surface area contributed by atoms with E-state index in [0.29, 0.717) is 19.8 Å². The molecule has 10 heteroatoms. The minimum Gasteiger partial charge on any atom is -0.379 e. The van der Waals surface area contributed by atoms with Gasteiger partial charge in [-0.25, -0.2) is 5.43 Å². The Kier molecular flexibility index (Phi) is 7.96. The number of morpholine rings is 1. The van der Waals surface area contributed by atoms with Crippen LogP contribution in [0.15, 0.2) is 69.5 Å². The normalized spacial score (nSPS) is 14.3. The molecule has 0 aliphatic carbocycles. The molecule has 1 amide bonds. The largest absolute Gasteiger partial charge is 0.379 e. The topological polar surface area (TPSA) is 102 Å². The lowest BCUT2D eigenvalue weighted by Gasteiger charge is -2.25. The fraction of sp³-hybridized carbons (Fsp3) is 0.280. The lowest BCUT2D eigenvalue weighted by atomic mass is 10.2. The summed E-state index contributed by atoms with van der Waals surface area (Å²) in [6, 6.07) is 16.7. The van der Waals surface area contributed by atoms with Crippen LogP contribution in [-0.4, -0.2) is 59.4 Å². The Morgan fingerprint density at radius 3 is 2.37 bits per heavy atom. The van der Waals surface area contributed by atoms with E-state index in [1.165, 1.54) is 12.1 Å². The van der Waals surface area contributed by atoms with E-state index in [2.05, 4.69) is 15.1 Å². The van der Waals surface area contributed by atoms with Gasteiger partial charge in [0.25, 0.3) is 11.6 Å². The SMILES string of the molecule is Cc1cc(/C=N/NC(=O)CN2CCOCC2)c(C)n1-c1ccc(Sc2ccc([N+](=O)[O-])cc2)cc1. The van der Waals surface area contributed by atoms with Gasteiger partial charge in [0, 0.05) is 57.7 Å². The Labute approximate surface area is 207 Å². The van der Waals surface area contributed by atoms with Gasteiger partial charge in [-0.15, -0.1) is 0 Å². The van der Waals surface area contributed by atoms with Crippen molar-refractivity contribution in [1.82, 2.24) is 14.9 Å². The molecule has 1 fully saturated rings. The molecular formula is C25H27N5O4S. The summed E-state index contributed by atoms with van der Waals surface area (Å²) in [6.45, 7) is 7.17. The van der Waals surface area contributed by atoms with Crippen molar-refractivity contribution in [3.8, 4) is 5.69 Å². The molecule has 1 saturated heterocycles. The molecule has 3 aromatic rings. The number of nitrogens with one attached hydrogen (secondary N) is 1. The first kappa shape index (κ1) is 24.6. The summed E-state index contributed by atoms with van der Waals surface area (Å²) in [4.78, 5) is 26.6. The molecule has 9 nitrogen and oxygen atoms in total. The van der Waals surface area contributed by atoms with E-state index in [4.69, 9.17) is 4.74 Å². The van der Waals surface area contributed by atoms with E-state index in [9.17, 15) is 14.9 Å². The third kappa shape index (κ3) is 6.36. The highest BCUT2D eigenvalue weighted by atomic mass is 32.2. The fourth-order valence-corrected chi connectivity index (χ4v) is 4.74. The second-order valence-corrected chi connectivity index (χ2v) is 9.34. The number of rotatable bonds is 8. The molecule has 0 bridgehead atoms. The molecule has 1 aromatic heterocycles. The summed E-state index contributed by atoms with van der Waals surface area (Å²) in [5.74, 6) is -0.141. The second kappa shape index (κ2) is 11.3. The summed E-state index contributed by atoms with van der Waals surface area (Å²) < 4.78 is 7.44. The molecular weight excluding hydrogens is 466 g/mol. The smallest absolute Gasteiger partial charge is 0.269 e. The van der Waals surface area contributed by atoms with Crippen LogP contribution in [0.1, 0.15) is 17.0 Å². The first-order valence-corrected chi connectivity index (χ1v) is 12.1. The number of non-ortho nitro benzene ring substituents is 1. The highest BCUT2D eigenvalue weighted by molar-refractivity contribution is 7.99. The predicted octanol–water partition coefficient (Wildman–Crippen LogP) is 3.94. The molecule has 1 N–H and O–H groups in total. The number of hydrogen-bond acceptors (Lipinski definition) is 7. The van der Waals surface area contributed by atoms with Crippen LogP contribution in [0.2, 0.25) is 0 Å². The Hall–Kier alpha value is -3.47. The van der Waals surface area contributed by atoms with Gasteiger partial charge in [-0.3, -0.25) is 19.8 Å². The van der Waals surface area contributed by atoms with E-state index in [1.54, 1.807) is 30.1 Å². The molecule has 2 heterocycles. The molecule has 2 aromatic carbocycles. The zero-order valence-corrected chi connectivity index (χ0v) is 20.5. The maximum atomic E-state index is 12.1. The van der Waals surface area contributed by atoms with E-state index < -0.39 is 4.92 Å². The summed E-state index contributed by atoms with van der Waals surface area (Å²) in [7, 11) is 0. The zero-order valence-electron chi connectivity index (χ0n) is 19.6. The Morgan fingerprint density at radius 1 is 1.11 bits per heavy atom. The van der Waals surface area contributed by atoms with Crippen molar-refractivity contribution in [3.05, 3.63) is 81.7 Å². The lowest BCUT2D eigenvalue weighted by molar-refractivity contribution is -0.384. The van der Waals surface area contributed by atoms with Gasteiger partial charge in [0.15, 0.2) is 0 Å². The average molecular weight is 494 g/mol. The van der Waals surface area contributed by atoms with Crippen molar-refractivity contribution >= 4 is 29.6 Å². The number of carbonyl (C=O) groups is 1. The number of ether oxygens (including phenoxy) is 1. The summed E-state index contributed by atoms with van der Waals surface area (Å²) in [5.41, 5.74) is 6.72. The van der Waals surface area contributed by atoms with Crippen molar-refractivity contribution in [2.45, 2.75) is 23.6 Å². The molecule has 0 unspecified atom stereocenters. The molecule has 0 saturated carbocycles. The minimum absolute atomic E-state index is 0.0827. The van der Waals surface area contributed by atoms with E-state index in [-0.39, 0.29) is 11.6 Å². The first-order valence-electron chi connectivity index (χ1n) is 11.2. The number of hydrazone groups is 1. The van der Waals surface area contributed by atoms with Crippen LogP contribution >= 0.6 is 11.8 Å². The number of nitro benzene ring substituents is 1. The minimum atomic E-state index is -0.399. The van der Waals surface area contributed by atoms with Gasteiger partial charge in [0.2, 0.25) is 0 Å². The number of nitrogens with zero attached hydrogens (tertiary/aromatic N) is 4. The van der Waals surface area contributed by atoms with Crippen LogP contribution in [0.3, 0.4) is 0 Å². The highest BCUT2D eigenvalue weighted by Crippen LogP contribution is 2.30. The van der Waals surface area contributed by atoms with Crippen molar-refractivity contribution in [2.75, 3.05) is 32.8 Å². The maximum Gasteiger partial charge on any atom is 0.269 e. The molecule has 1 aliphatic rings. The maximum absolute atomic E-state index is 12.1. The van der Waals surface area contributed by atoms with Crippen LogP contribution in [-0.2, 0) is 9.53 Å². The number of benzene rings is 2. The number of amides is 1. The first-order chi connectivity index (χ1) is 16.9. The number of aromatic nitrogens is 1. The van der Waals surface area contributed by atoms with E-state index in [1.807, 2.05) is 49.1 Å². The summed E-state index contributed by atoms with van der Waals surface area (Å²) >= 11 is 1.55. The molecule has 0 spiro atoms. The molecule has 4 rings (SSSR count). The van der Waals surface area contributed by atoms with Gasteiger partial charge >= 0.3 is 0 Å². The van der Waals surface area contributed by atoms with Gasteiger partial charge in [-0.05, 0) is 56.3 Å². The van der Waals surface area contributed by atoms with E-state index >= 15 is 0 Å². The predicted molar refractivity (Wildman–Crippen MR) is 135 cm³/mol. The van der Waals surface area contributed by atoms with Crippen LogP contribution in [0.5, 0.6) is 0 Å². The number of aryl methyl sites for hydroxylation is 1. The fourth-order valence-electron chi connectivity index (χ4n) is 3.92. The number of carbonyl (C=O) groups excluding carboxylic acids is 1. The molecule has 182 valence electrons. The number of nitro groups is 1. The summed E-state index contributed by atoms with van der Waals surface area (Å²) in [6.07, 6.45) is 1.68. The third-order valence-electron chi connectivity index (χ3n) is 5.71. The van der Waals surface area contributed by atoms with E-state index in [0.717, 1.165) is 45.5 Å². The molecule has 0 atom stereocenters. The van der Waals surface area contributed by atoms with Crippen LogP contribution in [0, 0.1) is 24.0 Å². The van der Waals surface area contributed by atoms with Gasteiger partial charge < -0.3 is 9.30 Å². The average Bonchev–Trinajstić information content (AvgIpc) is 3.13. The van der Waals surface area contributed by atoms with Gasteiger partial charge in [0.05, 0.1) is 30.9 Å². The molecule has 0 radical (unpaired) electrons. The summed E-state index contributed by atoms with van der Waals surface area (Å²) in [5, 5.41) is 15.0. The molecule has 1 aliphatic heterocycles. The Morgan fingerprint density at radius 2 is 1.74 bits per heavy atom. The van der Waals surface area contributed by atoms with Gasteiger partial charge in [-0.2, -0.15) is 5.10 Å². The van der Waals surface area contributed by atoms with Crippen molar-refractivity contribution in [3.63, 3.8) is 0 Å². The zero-order chi connectivity index (χ0) is 24.8. The lowest BCUT2D eigenvalue weighted by Crippen LogP contribution is -2.42. The van der Waals surface area contributed by atoms with Crippen molar-refractivity contribution in [1.29, 1.82) is 0 Å². The quantitative estimate of drug-likeness (QED) is 0.290. The molecule has 35 heavy (non-hydrogen) atoms. The Balaban J connectivity index is 1.39. The number of hydrogen-bond donors (Lipinski definition) is 1. The van der Waals surface area contributed by atoms with Crippen LogP contribution < -0.4 is 5.43 Å². The highest BCUT2D eigenvalue weighted by Gasteiger charge is 2.14. The van der Waals surface area contributed by atoms with Crippen LogP contribution in [0.4, 0.5) is 5.69 Å². The van der Waals surface area contributed by atoms with Gasteiger partial charge in [-0.1, -0.05) is 11.8 Å². The third-order valence-corrected chi connectivity index (χ3v) is 6.73. The monoisotopic (exact) mass is 493 g/mol. The standard InChI is InChI=1S/C25H27N5O4S/c1-18-15-20(16-26-27-25(31)17-28-11-13-34-14-12-28)19(2)29(18)21-3-7-23(8-4-21)35-24-9-5-22(6-10-24)30(32)33/h3-10,15-16H,11-14,17H2,1-2H3,(H,27,31)/b26-16+. The Bertz CT molecular complexity index is 1220. The second-order valence-electron chi connectivity index (χ2n) is 8.19. The van der Waals surface area contributed by atoms with Crippen LogP contribution in [0.25, 0.3) is 5.69 Å². The van der Waals surface area contributed by atoms with Crippen molar-refractivity contribution in [2.24, 2.45) is 5.10 Å².